The minimum atomic E-state index is -0.253. The van der Waals surface area contributed by atoms with Crippen molar-refractivity contribution < 1.29 is 13.6 Å². The quantitative estimate of drug-likeness (QED) is 0.249. The number of rotatable bonds is 12. The van der Waals surface area contributed by atoms with E-state index in [1.807, 2.05) is 36.4 Å². The van der Waals surface area contributed by atoms with Crippen LogP contribution in [0.4, 0.5) is 8.78 Å². The van der Waals surface area contributed by atoms with Gasteiger partial charge in [-0.15, -0.1) is 0 Å². The number of halogens is 2. The van der Waals surface area contributed by atoms with Gasteiger partial charge in [0.05, 0.1) is 0 Å². The van der Waals surface area contributed by atoms with Crippen molar-refractivity contribution in [1.82, 2.24) is 10.3 Å². The average molecular weight is 449 g/mol. The Morgan fingerprint density at radius 1 is 0.848 bits per heavy atom. The fourth-order valence-electron chi connectivity index (χ4n) is 3.84. The molecule has 3 rings (SSSR count). The number of hydrogen-bond donors (Lipinski definition) is 1. The van der Waals surface area contributed by atoms with E-state index in [1.54, 1.807) is 18.5 Å². The summed E-state index contributed by atoms with van der Waals surface area (Å²) in [5, 5.41) is 2.91. The average Bonchev–Trinajstić information content (AvgIpc) is 2.84. The van der Waals surface area contributed by atoms with Gasteiger partial charge < -0.3 is 5.32 Å². The van der Waals surface area contributed by atoms with Crippen LogP contribution in [0.3, 0.4) is 0 Å². The molecule has 0 fully saturated rings. The van der Waals surface area contributed by atoms with E-state index in [4.69, 9.17) is 0 Å². The molecule has 0 atom stereocenters. The summed E-state index contributed by atoms with van der Waals surface area (Å²) in [4.78, 5) is 15.9. The number of carbonyl (C=O) groups is 1. The first-order valence-electron chi connectivity index (χ1n) is 11.5. The zero-order chi connectivity index (χ0) is 23.3. The van der Waals surface area contributed by atoms with Gasteiger partial charge in [-0.05, 0) is 65.9 Å². The molecule has 1 heterocycles. The maximum absolute atomic E-state index is 13.3. The number of amides is 1. The molecule has 0 aliphatic carbocycles. The molecule has 1 aromatic heterocycles. The van der Waals surface area contributed by atoms with Gasteiger partial charge in [0.25, 0.3) is 0 Å². The second-order valence-corrected chi connectivity index (χ2v) is 8.12. The number of carbonyl (C=O) groups excluding carboxylic acids is 1. The molecule has 3 aromatic rings. The van der Waals surface area contributed by atoms with Crippen LogP contribution in [0.1, 0.15) is 61.1 Å². The highest BCUT2D eigenvalue weighted by Gasteiger charge is 2.14. The lowest BCUT2D eigenvalue weighted by molar-refractivity contribution is -0.116. The van der Waals surface area contributed by atoms with E-state index in [0.717, 1.165) is 55.2 Å². The van der Waals surface area contributed by atoms with Crippen LogP contribution in [0.5, 0.6) is 0 Å². The number of nitrogens with one attached hydrogen (secondary N) is 1. The van der Waals surface area contributed by atoms with Crippen LogP contribution >= 0.6 is 0 Å². The van der Waals surface area contributed by atoms with E-state index in [0.29, 0.717) is 6.54 Å². The molecule has 0 saturated carbocycles. The maximum Gasteiger partial charge on any atom is 0.243 e. The molecule has 0 saturated heterocycles. The lowest BCUT2D eigenvalue weighted by Gasteiger charge is -2.18. The zero-order valence-corrected chi connectivity index (χ0v) is 18.7. The molecule has 0 unspecified atom stereocenters. The number of nitrogens with zero attached hydrogens (tertiary/aromatic N) is 1. The van der Waals surface area contributed by atoms with E-state index in [9.17, 15) is 13.6 Å². The van der Waals surface area contributed by atoms with Gasteiger partial charge in [-0.25, -0.2) is 8.78 Å². The van der Waals surface area contributed by atoms with Crippen molar-refractivity contribution in [2.45, 2.75) is 44.4 Å². The van der Waals surface area contributed by atoms with Gasteiger partial charge in [0.2, 0.25) is 5.91 Å². The molecule has 0 radical (unpaired) electrons. The lowest BCUT2D eigenvalue weighted by Crippen LogP contribution is -2.21. The van der Waals surface area contributed by atoms with Crippen LogP contribution in [-0.4, -0.2) is 17.4 Å². The van der Waals surface area contributed by atoms with Crippen molar-refractivity contribution >= 4 is 12.0 Å². The van der Waals surface area contributed by atoms with Crippen LogP contribution in [0.2, 0.25) is 0 Å². The summed E-state index contributed by atoms with van der Waals surface area (Å²) in [7, 11) is 0. The standard InChI is InChI=1S/C28H30F2N2O/c29-25-14-10-23(11-15-25)27(24-12-16-26(30)17-13-24)8-4-2-1-3-5-20-32-28(33)18-9-22-7-6-19-31-21-22/h6-7,9-19,21,27H,1-5,8,20H2,(H,32,33). The first-order chi connectivity index (χ1) is 16.1. The summed E-state index contributed by atoms with van der Waals surface area (Å²) in [5.41, 5.74) is 2.99. The minimum absolute atomic E-state index is 0.0970. The van der Waals surface area contributed by atoms with Crippen LogP contribution in [0, 0.1) is 11.6 Å². The molecule has 33 heavy (non-hydrogen) atoms. The van der Waals surface area contributed by atoms with Gasteiger partial charge in [0.1, 0.15) is 11.6 Å². The highest BCUT2D eigenvalue weighted by Crippen LogP contribution is 2.30. The number of hydrogen-bond acceptors (Lipinski definition) is 2. The van der Waals surface area contributed by atoms with Crippen molar-refractivity contribution in [2.24, 2.45) is 0 Å². The first kappa shape index (κ1) is 24.3. The summed E-state index contributed by atoms with van der Waals surface area (Å²) in [6, 6.07) is 16.9. The van der Waals surface area contributed by atoms with Gasteiger partial charge in [-0.2, -0.15) is 0 Å². The smallest absolute Gasteiger partial charge is 0.243 e. The normalized spacial score (nSPS) is 11.2. The molecule has 0 aliphatic heterocycles. The van der Waals surface area contributed by atoms with E-state index in [2.05, 4.69) is 10.3 Å². The van der Waals surface area contributed by atoms with Crippen molar-refractivity contribution in [1.29, 1.82) is 0 Å². The molecule has 0 aliphatic rings. The molecule has 2 aromatic carbocycles. The fraction of sp³-hybridized carbons (Fsp3) is 0.286. The van der Waals surface area contributed by atoms with Gasteiger partial charge in [0.15, 0.2) is 0 Å². The van der Waals surface area contributed by atoms with Gasteiger partial charge in [-0.3, -0.25) is 9.78 Å². The summed E-state index contributed by atoms with van der Waals surface area (Å²) >= 11 is 0. The van der Waals surface area contributed by atoms with Crippen molar-refractivity contribution in [3.63, 3.8) is 0 Å². The Morgan fingerprint density at radius 3 is 2.06 bits per heavy atom. The number of unbranched alkanes of at least 4 members (excludes halogenated alkanes) is 4. The second-order valence-electron chi connectivity index (χ2n) is 8.12. The largest absolute Gasteiger partial charge is 0.353 e. The van der Waals surface area contributed by atoms with Crippen LogP contribution in [0.25, 0.3) is 6.08 Å². The Kier molecular flexibility index (Phi) is 9.77. The zero-order valence-electron chi connectivity index (χ0n) is 18.7. The predicted octanol–water partition coefficient (Wildman–Crippen LogP) is 6.66. The van der Waals surface area contributed by atoms with Gasteiger partial charge >= 0.3 is 0 Å². The monoisotopic (exact) mass is 448 g/mol. The molecule has 0 spiro atoms. The highest BCUT2D eigenvalue weighted by molar-refractivity contribution is 5.91. The van der Waals surface area contributed by atoms with Crippen molar-refractivity contribution in [3.05, 3.63) is 107 Å². The number of pyridine rings is 1. The molecule has 5 heteroatoms. The summed E-state index contributed by atoms with van der Waals surface area (Å²) < 4.78 is 26.7. The molecular formula is C28H30F2N2O. The van der Waals surface area contributed by atoms with E-state index in [-0.39, 0.29) is 23.5 Å². The van der Waals surface area contributed by atoms with Gasteiger partial charge in [0, 0.05) is 30.9 Å². The van der Waals surface area contributed by atoms with E-state index in [1.165, 1.54) is 30.3 Å². The third-order valence-electron chi connectivity index (χ3n) is 5.63. The van der Waals surface area contributed by atoms with Crippen LogP contribution < -0.4 is 5.32 Å². The molecule has 0 bridgehead atoms. The number of aromatic nitrogens is 1. The van der Waals surface area contributed by atoms with Gasteiger partial charge in [-0.1, -0.05) is 56.0 Å². The first-order valence-corrected chi connectivity index (χ1v) is 11.5. The summed E-state index contributed by atoms with van der Waals surface area (Å²) in [6.07, 6.45) is 12.8. The third-order valence-corrected chi connectivity index (χ3v) is 5.63. The Labute approximate surface area is 194 Å². The Morgan fingerprint density at radius 2 is 1.45 bits per heavy atom. The molecule has 3 nitrogen and oxygen atoms in total. The summed E-state index contributed by atoms with van der Waals surface area (Å²) in [5.74, 6) is -0.482. The number of benzene rings is 2. The molecule has 1 amide bonds. The van der Waals surface area contributed by atoms with Crippen LogP contribution in [-0.2, 0) is 4.79 Å². The maximum atomic E-state index is 13.3. The Balaban J connectivity index is 1.36. The predicted molar refractivity (Wildman–Crippen MR) is 129 cm³/mol. The fourth-order valence-corrected chi connectivity index (χ4v) is 3.84. The van der Waals surface area contributed by atoms with Crippen molar-refractivity contribution in [2.75, 3.05) is 6.54 Å². The summed E-state index contributed by atoms with van der Waals surface area (Å²) in [6.45, 7) is 0.657. The SMILES string of the molecule is O=C(C=Cc1cccnc1)NCCCCCCCC(c1ccc(F)cc1)c1ccc(F)cc1. The molecular weight excluding hydrogens is 418 g/mol. The van der Waals surface area contributed by atoms with E-state index >= 15 is 0 Å². The third kappa shape index (κ3) is 8.60. The second kappa shape index (κ2) is 13.3. The van der Waals surface area contributed by atoms with Crippen molar-refractivity contribution in [3.8, 4) is 0 Å². The Hall–Kier alpha value is -3.34. The molecule has 1 N–H and O–H groups in total. The highest BCUT2D eigenvalue weighted by atomic mass is 19.1. The van der Waals surface area contributed by atoms with Crippen LogP contribution in [0.15, 0.2) is 79.1 Å². The minimum Gasteiger partial charge on any atom is -0.353 e. The topological polar surface area (TPSA) is 42.0 Å². The Bertz CT molecular complexity index is 957. The van der Waals surface area contributed by atoms with E-state index < -0.39 is 0 Å². The lowest BCUT2D eigenvalue weighted by atomic mass is 9.86. The molecule has 172 valence electrons.